The molecular formula is C23H37Cl2N5O5. The van der Waals surface area contributed by atoms with E-state index in [1.54, 1.807) is 27.7 Å². The molecule has 2 aliphatic rings. The molecule has 0 aromatic carbocycles. The average molecular weight is 534 g/mol. The quantitative estimate of drug-likeness (QED) is 0.275. The molecule has 0 bridgehead atoms. The molecule has 0 radical (unpaired) electrons. The van der Waals surface area contributed by atoms with E-state index in [0.717, 1.165) is 0 Å². The van der Waals surface area contributed by atoms with Gasteiger partial charge in [-0.2, -0.15) is 0 Å². The first kappa shape index (κ1) is 29.2. The monoisotopic (exact) mass is 533 g/mol. The molecule has 5 amide bonds. The Balaban J connectivity index is 2.31. The second-order valence-electron chi connectivity index (χ2n) is 11.5. The zero-order valence-corrected chi connectivity index (χ0v) is 22.8. The summed E-state index contributed by atoms with van der Waals surface area (Å²) >= 11 is 12.8. The van der Waals surface area contributed by atoms with Crippen LogP contribution < -0.4 is 21.7 Å². The number of rotatable bonds is 8. The molecule has 12 heteroatoms. The van der Waals surface area contributed by atoms with Crippen molar-refractivity contribution in [2.75, 3.05) is 6.54 Å². The van der Waals surface area contributed by atoms with E-state index in [9.17, 15) is 24.0 Å². The molecule has 35 heavy (non-hydrogen) atoms. The molecule has 2 fully saturated rings. The summed E-state index contributed by atoms with van der Waals surface area (Å²) < 4.78 is -1.19. The minimum Gasteiger partial charge on any atom is -0.363 e. The van der Waals surface area contributed by atoms with Crippen molar-refractivity contribution in [3.05, 3.63) is 0 Å². The Labute approximate surface area is 216 Å². The van der Waals surface area contributed by atoms with Gasteiger partial charge < -0.3 is 26.6 Å². The van der Waals surface area contributed by atoms with Crippen molar-refractivity contribution >= 4 is 52.7 Å². The number of ketones is 1. The molecule has 0 aromatic rings. The molecule has 1 aliphatic carbocycles. The van der Waals surface area contributed by atoms with Crippen LogP contribution in [0.2, 0.25) is 0 Å². The van der Waals surface area contributed by atoms with Crippen LogP contribution in [-0.2, 0) is 19.2 Å². The predicted octanol–water partition coefficient (Wildman–Crippen LogP) is 1.47. The largest absolute Gasteiger partial charge is 0.363 e. The van der Waals surface area contributed by atoms with Gasteiger partial charge >= 0.3 is 6.03 Å². The zero-order chi connectivity index (χ0) is 27.1. The van der Waals surface area contributed by atoms with Crippen molar-refractivity contribution in [2.45, 2.75) is 89.3 Å². The molecule has 1 saturated heterocycles. The molecule has 2 rings (SSSR count). The number of alkyl halides is 2. The second-order valence-corrected chi connectivity index (χ2v) is 12.9. The maximum absolute atomic E-state index is 13.7. The van der Waals surface area contributed by atoms with Crippen LogP contribution in [-0.4, -0.2) is 69.0 Å². The van der Waals surface area contributed by atoms with E-state index in [2.05, 4.69) is 16.0 Å². The van der Waals surface area contributed by atoms with Crippen LogP contribution in [0.5, 0.6) is 0 Å². The molecule has 5 N–H and O–H groups in total. The summed E-state index contributed by atoms with van der Waals surface area (Å²) in [6.07, 6.45) is 0.714. The lowest BCUT2D eigenvalue weighted by Crippen LogP contribution is -2.62. The van der Waals surface area contributed by atoms with Crippen LogP contribution in [0.15, 0.2) is 0 Å². The van der Waals surface area contributed by atoms with Crippen molar-refractivity contribution in [2.24, 2.45) is 23.0 Å². The normalized spacial score (nSPS) is 24.6. The fourth-order valence-corrected chi connectivity index (χ4v) is 5.27. The number of hydrogen-bond acceptors (Lipinski definition) is 5. The minimum atomic E-state index is -1.19. The van der Waals surface area contributed by atoms with Crippen LogP contribution in [0.25, 0.3) is 0 Å². The first-order valence-corrected chi connectivity index (χ1v) is 12.5. The SMILES string of the molecule is CCCC(NC(=O)[C@@H]1C2C(CN1C(=O)[C@@H](NC(=O)NC(C)(C)C)C(C)(C)C)C2(Cl)Cl)C(=O)C(N)=O. The number of primary amides is 1. The van der Waals surface area contributed by atoms with E-state index in [4.69, 9.17) is 28.9 Å². The average Bonchev–Trinajstić information content (AvgIpc) is 3.03. The van der Waals surface area contributed by atoms with Gasteiger partial charge in [0.2, 0.25) is 17.6 Å². The Kier molecular flexibility index (Phi) is 8.44. The van der Waals surface area contributed by atoms with E-state index >= 15 is 0 Å². The summed E-state index contributed by atoms with van der Waals surface area (Å²) in [6, 6.07) is -3.67. The molecule has 0 aromatic heterocycles. The van der Waals surface area contributed by atoms with Crippen LogP contribution >= 0.6 is 23.2 Å². The van der Waals surface area contributed by atoms with Gasteiger partial charge in [0.05, 0.1) is 6.04 Å². The van der Waals surface area contributed by atoms with E-state index in [-0.39, 0.29) is 18.9 Å². The molecule has 5 atom stereocenters. The summed E-state index contributed by atoms with van der Waals surface area (Å²) in [7, 11) is 0. The Bertz CT molecular complexity index is 896. The van der Waals surface area contributed by atoms with Crippen molar-refractivity contribution in [1.29, 1.82) is 0 Å². The molecule has 1 saturated carbocycles. The van der Waals surface area contributed by atoms with Gasteiger partial charge in [0.25, 0.3) is 5.91 Å². The molecule has 1 aliphatic heterocycles. The van der Waals surface area contributed by atoms with E-state index in [1.165, 1.54) is 4.90 Å². The predicted molar refractivity (Wildman–Crippen MR) is 133 cm³/mol. The Morgan fingerprint density at radius 1 is 1.06 bits per heavy atom. The summed E-state index contributed by atoms with van der Waals surface area (Å²) in [5.41, 5.74) is 3.92. The van der Waals surface area contributed by atoms with E-state index in [1.807, 2.05) is 20.8 Å². The fourth-order valence-electron chi connectivity index (χ4n) is 4.44. The van der Waals surface area contributed by atoms with Crippen molar-refractivity contribution < 1.29 is 24.0 Å². The third kappa shape index (κ3) is 6.58. The maximum Gasteiger partial charge on any atom is 0.315 e. The first-order valence-electron chi connectivity index (χ1n) is 11.7. The minimum absolute atomic E-state index is 0.117. The van der Waals surface area contributed by atoms with Gasteiger partial charge in [-0.1, -0.05) is 34.1 Å². The number of fused-ring (bicyclic) bond motifs is 1. The van der Waals surface area contributed by atoms with E-state index < -0.39 is 68.9 Å². The number of amides is 5. The third-order valence-electron chi connectivity index (χ3n) is 6.21. The number of urea groups is 1. The van der Waals surface area contributed by atoms with Crippen molar-refractivity contribution in [3.8, 4) is 0 Å². The number of hydrogen-bond donors (Lipinski definition) is 4. The molecular weight excluding hydrogens is 497 g/mol. The Morgan fingerprint density at radius 3 is 2.09 bits per heavy atom. The molecule has 198 valence electrons. The zero-order valence-electron chi connectivity index (χ0n) is 21.3. The number of carbonyl (C=O) groups excluding carboxylic acids is 5. The van der Waals surface area contributed by atoms with Gasteiger partial charge in [0.1, 0.15) is 16.4 Å². The maximum atomic E-state index is 13.7. The van der Waals surface area contributed by atoms with Gasteiger partial charge in [0, 0.05) is 23.9 Å². The summed E-state index contributed by atoms with van der Waals surface area (Å²) in [6.45, 7) is 12.8. The van der Waals surface area contributed by atoms with Gasteiger partial charge in [-0.05, 0) is 32.6 Å². The topological polar surface area (TPSA) is 151 Å². The highest BCUT2D eigenvalue weighted by Gasteiger charge is 2.74. The molecule has 1 heterocycles. The van der Waals surface area contributed by atoms with Gasteiger partial charge in [-0.3, -0.25) is 19.2 Å². The summed E-state index contributed by atoms with van der Waals surface area (Å²) in [5, 5.41) is 8.08. The number of halogens is 2. The Hall–Kier alpha value is -2.07. The number of piperidine rings is 1. The fraction of sp³-hybridized carbons (Fsp3) is 0.783. The Morgan fingerprint density at radius 2 is 1.63 bits per heavy atom. The lowest BCUT2D eigenvalue weighted by Gasteiger charge is -2.38. The second kappa shape index (κ2) is 10.1. The highest BCUT2D eigenvalue weighted by atomic mass is 35.5. The number of nitrogens with one attached hydrogen (secondary N) is 3. The summed E-state index contributed by atoms with van der Waals surface area (Å²) in [4.78, 5) is 64.7. The summed E-state index contributed by atoms with van der Waals surface area (Å²) in [5.74, 6) is -4.08. The van der Waals surface area contributed by atoms with E-state index in [0.29, 0.717) is 6.42 Å². The van der Waals surface area contributed by atoms with Crippen LogP contribution in [0.3, 0.4) is 0 Å². The third-order valence-corrected chi connectivity index (χ3v) is 7.28. The van der Waals surface area contributed by atoms with Gasteiger partial charge in [-0.15, -0.1) is 23.2 Å². The van der Waals surface area contributed by atoms with Crippen LogP contribution in [0.1, 0.15) is 61.3 Å². The molecule has 0 spiro atoms. The first-order chi connectivity index (χ1) is 15.8. The number of likely N-dealkylation sites (tertiary alicyclic amines) is 1. The van der Waals surface area contributed by atoms with Gasteiger partial charge in [-0.25, -0.2) is 4.79 Å². The number of Topliss-reactive ketones (excluding diaryl/α,β-unsaturated/α-hetero) is 1. The number of nitrogens with zero attached hydrogens (tertiary/aromatic N) is 1. The number of nitrogens with two attached hydrogens (primary N) is 1. The standard InChI is InChI=1S/C23H37Cl2N5O5/c1-8-9-12(15(31)17(26)32)27-18(33)14-13-11(23(13,24)25)10-30(14)19(34)16(21(2,3)4)28-20(35)29-22(5,6)7/h11-14,16H,8-10H2,1-7H3,(H2,26,32)(H,27,33)(H2,28,29,35)/t11?,12?,13?,14-,16+/m0/s1. The highest BCUT2D eigenvalue weighted by molar-refractivity contribution is 6.51. The molecule has 3 unspecified atom stereocenters. The lowest BCUT2D eigenvalue weighted by atomic mass is 9.85. The van der Waals surface area contributed by atoms with Crippen LogP contribution in [0.4, 0.5) is 4.79 Å². The van der Waals surface area contributed by atoms with Crippen LogP contribution in [0, 0.1) is 17.3 Å². The van der Waals surface area contributed by atoms with Gasteiger partial charge in [0.15, 0.2) is 0 Å². The number of carbonyl (C=O) groups is 5. The van der Waals surface area contributed by atoms with Crippen molar-refractivity contribution in [1.82, 2.24) is 20.9 Å². The van der Waals surface area contributed by atoms with Crippen molar-refractivity contribution in [3.63, 3.8) is 0 Å². The lowest BCUT2D eigenvalue weighted by molar-refractivity contribution is -0.144. The highest BCUT2D eigenvalue weighted by Crippen LogP contribution is 2.65. The smallest absolute Gasteiger partial charge is 0.315 e. The molecule has 10 nitrogen and oxygen atoms in total.